The second-order valence-corrected chi connectivity index (χ2v) is 3.65. The Bertz CT molecular complexity index is 584. The second kappa shape index (κ2) is 4.21. The van der Waals surface area contributed by atoms with Crippen molar-refractivity contribution in [2.75, 3.05) is 5.32 Å². The van der Waals surface area contributed by atoms with Crippen LogP contribution in [0.15, 0.2) is 48.9 Å². The fourth-order valence-corrected chi connectivity index (χ4v) is 1.59. The van der Waals surface area contributed by atoms with Crippen molar-refractivity contribution in [1.82, 2.24) is 19.6 Å². The van der Waals surface area contributed by atoms with Crippen LogP contribution < -0.4 is 5.32 Å². The maximum Gasteiger partial charge on any atom is 0.243 e. The van der Waals surface area contributed by atoms with Crippen molar-refractivity contribution in [2.24, 2.45) is 0 Å². The first kappa shape index (κ1) is 9.77. The summed E-state index contributed by atoms with van der Waals surface area (Å²) in [4.78, 5) is 8.32. The number of aromatic nitrogens is 4. The van der Waals surface area contributed by atoms with E-state index in [0.717, 1.165) is 11.2 Å². The van der Waals surface area contributed by atoms with Crippen molar-refractivity contribution < 1.29 is 0 Å². The molecular weight excluding hydrogens is 214 g/mol. The van der Waals surface area contributed by atoms with Gasteiger partial charge in [0.2, 0.25) is 5.95 Å². The Morgan fingerprint density at radius 3 is 2.82 bits per heavy atom. The third kappa shape index (κ3) is 2.08. The van der Waals surface area contributed by atoms with E-state index < -0.39 is 0 Å². The van der Waals surface area contributed by atoms with Gasteiger partial charge in [-0.2, -0.15) is 4.98 Å². The molecule has 0 atom stereocenters. The zero-order valence-corrected chi connectivity index (χ0v) is 9.11. The van der Waals surface area contributed by atoms with Crippen LogP contribution in [0.5, 0.6) is 0 Å². The van der Waals surface area contributed by atoms with Crippen LogP contribution in [-0.2, 0) is 6.54 Å². The molecule has 3 aromatic rings. The van der Waals surface area contributed by atoms with E-state index in [4.69, 9.17) is 0 Å². The molecule has 0 radical (unpaired) electrons. The molecular formula is C12H11N5. The van der Waals surface area contributed by atoms with Gasteiger partial charge in [-0.05, 0) is 29.8 Å². The number of hydrogen-bond acceptors (Lipinski definition) is 4. The Morgan fingerprint density at radius 2 is 2.00 bits per heavy atom. The summed E-state index contributed by atoms with van der Waals surface area (Å²) < 4.78 is 1.74. The molecule has 0 saturated heterocycles. The zero-order valence-electron chi connectivity index (χ0n) is 9.11. The van der Waals surface area contributed by atoms with E-state index in [-0.39, 0.29) is 0 Å². The van der Waals surface area contributed by atoms with E-state index in [1.807, 2.05) is 36.5 Å². The maximum atomic E-state index is 4.35. The Labute approximate surface area is 98.1 Å². The van der Waals surface area contributed by atoms with E-state index in [1.54, 1.807) is 16.9 Å². The summed E-state index contributed by atoms with van der Waals surface area (Å²) in [5.74, 6) is 0.632. The van der Waals surface area contributed by atoms with Gasteiger partial charge < -0.3 is 5.32 Å². The highest BCUT2D eigenvalue weighted by Crippen LogP contribution is 2.06. The Kier molecular flexibility index (Phi) is 2.42. The Balaban J connectivity index is 1.77. The van der Waals surface area contributed by atoms with Gasteiger partial charge in [0.15, 0.2) is 5.65 Å². The van der Waals surface area contributed by atoms with Gasteiger partial charge in [0.05, 0.1) is 0 Å². The first-order valence-corrected chi connectivity index (χ1v) is 5.36. The van der Waals surface area contributed by atoms with Crippen LogP contribution in [0, 0.1) is 0 Å². The molecule has 3 heterocycles. The van der Waals surface area contributed by atoms with Gasteiger partial charge in [-0.15, -0.1) is 5.10 Å². The van der Waals surface area contributed by atoms with Crippen LogP contribution in [0.2, 0.25) is 0 Å². The number of anilines is 1. The molecule has 0 amide bonds. The van der Waals surface area contributed by atoms with E-state index in [1.165, 1.54) is 0 Å². The van der Waals surface area contributed by atoms with Gasteiger partial charge in [0, 0.05) is 25.1 Å². The van der Waals surface area contributed by atoms with Crippen LogP contribution in [0.3, 0.4) is 0 Å². The number of pyridine rings is 2. The van der Waals surface area contributed by atoms with Crippen LogP contribution >= 0.6 is 0 Å². The largest absolute Gasteiger partial charge is 0.349 e. The van der Waals surface area contributed by atoms with Gasteiger partial charge >= 0.3 is 0 Å². The quantitative estimate of drug-likeness (QED) is 0.737. The smallest absolute Gasteiger partial charge is 0.243 e. The average Bonchev–Trinajstić information content (AvgIpc) is 2.80. The second-order valence-electron chi connectivity index (χ2n) is 3.65. The monoisotopic (exact) mass is 225 g/mol. The molecule has 84 valence electrons. The lowest BCUT2D eigenvalue weighted by Crippen LogP contribution is -2.01. The highest BCUT2D eigenvalue weighted by molar-refractivity contribution is 5.43. The van der Waals surface area contributed by atoms with Crippen molar-refractivity contribution in [2.45, 2.75) is 6.54 Å². The van der Waals surface area contributed by atoms with Gasteiger partial charge in [-0.3, -0.25) is 4.98 Å². The first-order valence-electron chi connectivity index (χ1n) is 5.36. The predicted molar refractivity (Wildman–Crippen MR) is 64.6 cm³/mol. The molecule has 0 aliphatic heterocycles. The average molecular weight is 225 g/mol. The van der Waals surface area contributed by atoms with Gasteiger partial charge in [-0.25, -0.2) is 4.52 Å². The molecule has 0 saturated carbocycles. The molecule has 0 unspecified atom stereocenters. The lowest BCUT2D eigenvalue weighted by molar-refractivity contribution is 0.949. The third-order valence-corrected chi connectivity index (χ3v) is 2.44. The molecule has 5 heteroatoms. The minimum absolute atomic E-state index is 0.632. The fourth-order valence-electron chi connectivity index (χ4n) is 1.59. The highest BCUT2D eigenvalue weighted by Gasteiger charge is 2.01. The van der Waals surface area contributed by atoms with Crippen LogP contribution in [0.25, 0.3) is 5.65 Å². The summed E-state index contributed by atoms with van der Waals surface area (Å²) in [5, 5.41) is 7.49. The van der Waals surface area contributed by atoms with Crippen LogP contribution in [-0.4, -0.2) is 19.6 Å². The van der Waals surface area contributed by atoms with Crippen molar-refractivity contribution in [1.29, 1.82) is 0 Å². The molecule has 17 heavy (non-hydrogen) atoms. The van der Waals surface area contributed by atoms with E-state index in [9.17, 15) is 0 Å². The standard InChI is InChI=1S/C12H11N5/c1-2-8-17-11(3-1)15-12(16-17)14-9-10-4-6-13-7-5-10/h1-8H,9H2,(H,14,16). The number of hydrogen-bond donors (Lipinski definition) is 1. The van der Waals surface area contributed by atoms with E-state index in [0.29, 0.717) is 12.5 Å². The maximum absolute atomic E-state index is 4.35. The zero-order chi connectivity index (χ0) is 11.5. The Morgan fingerprint density at radius 1 is 1.12 bits per heavy atom. The molecule has 0 aliphatic carbocycles. The molecule has 3 aromatic heterocycles. The summed E-state index contributed by atoms with van der Waals surface area (Å²) in [6.45, 7) is 0.694. The summed E-state index contributed by atoms with van der Waals surface area (Å²) in [6.07, 6.45) is 5.42. The number of nitrogens with one attached hydrogen (secondary N) is 1. The molecule has 1 N–H and O–H groups in total. The molecule has 0 aromatic carbocycles. The lowest BCUT2D eigenvalue weighted by atomic mass is 10.3. The summed E-state index contributed by atoms with van der Waals surface area (Å²) in [5.41, 5.74) is 1.99. The molecule has 0 aliphatic rings. The lowest BCUT2D eigenvalue weighted by Gasteiger charge is -2.00. The number of fused-ring (bicyclic) bond motifs is 1. The van der Waals surface area contributed by atoms with Crippen LogP contribution in [0.1, 0.15) is 5.56 Å². The van der Waals surface area contributed by atoms with Crippen LogP contribution in [0.4, 0.5) is 5.95 Å². The number of nitrogens with zero attached hydrogens (tertiary/aromatic N) is 4. The van der Waals surface area contributed by atoms with E-state index in [2.05, 4.69) is 20.4 Å². The van der Waals surface area contributed by atoms with E-state index >= 15 is 0 Å². The van der Waals surface area contributed by atoms with Crippen molar-refractivity contribution in [3.63, 3.8) is 0 Å². The highest BCUT2D eigenvalue weighted by atomic mass is 15.3. The first-order chi connectivity index (χ1) is 8.42. The molecule has 3 rings (SSSR count). The predicted octanol–water partition coefficient (Wildman–Crippen LogP) is 1.74. The van der Waals surface area contributed by atoms with Gasteiger partial charge in [0.1, 0.15) is 0 Å². The number of rotatable bonds is 3. The molecule has 5 nitrogen and oxygen atoms in total. The molecule has 0 fully saturated rings. The van der Waals surface area contributed by atoms with Crippen molar-refractivity contribution in [3.8, 4) is 0 Å². The topological polar surface area (TPSA) is 55.1 Å². The minimum atomic E-state index is 0.632. The van der Waals surface area contributed by atoms with Crippen molar-refractivity contribution in [3.05, 3.63) is 54.5 Å². The molecule has 0 spiro atoms. The van der Waals surface area contributed by atoms with Crippen molar-refractivity contribution >= 4 is 11.6 Å². The summed E-state index contributed by atoms with van der Waals surface area (Å²) in [6, 6.07) is 9.71. The Hall–Kier alpha value is -2.43. The fraction of sp³-hybridized carbons (Fsp3) is 0.0833. The summed E-state index contributed by atoms with van der Waals surface area (Å²) in [7, 11) is 0. The normalized spacial score (nSPS) is 10.6. The SMILES string of the molecule is c1ccn2nc(NCc3ccncc3)nc2c1. The minimum Gasteiger partial charge on any atom is -0.349 e. The molecule has 0 bridgehead atoms. The van der Waals surface area contributed by atoms with Gasteiger partial charge in [0.25, 0.3) is 0 Å². The third-order valence-electron chi connectivity index (χ3n) is 2.44. The van der Waals surface area contributed by atoms with Gasteiger partial charge in [-0.1, -0.05) is 6.07 Å². The summed E-state index contributed by atoms with van der Waals surface area (Å²) >= 11 is 0.